The highest BCUT2D eigenvalue weighted by Crippen LogP contribution is 2.22. The van der Waals surface area contributed by atoms with Crippen LogP contribution < -0.4 is 10.7 Å². The zero-order valence-electron chi connectivity index (χ0n) is 13.3. The van der Waals surface area contributed by atoms with Crippen molar-refractivity contribution in [2.24, 2.45) is 5.10 Å². The van der Waals surface area contributed by atoms with Gasteiger partial charge in [0.1, 0.15) is 17.3 Å². The third kappa shape index (κ3) is 5.31. The van der Waals surface area contributed by atoms with Crippen LogP contribution in [0.5, 0.6) is 11.5 Å². The van der Waals surface area contributed by atoms with Crippen molar-refractivity contribution in [2.45, 2.75) is 13.3 Å². The van der Waals surface area contributed by atoms with Crippen LogP contribution in [0.4, 0.5) is 10.1 Å². The number of nitrogens with zero attached hydrogens (tertiary/aromatic N) is 1. The van der Waals surface area contributed by atoms with Crippen molar-refractivity contribution in [1.29, 1.82) is 0 Å². The molecule has 0 saturated carbocycles. The molecule has 0 spiro atoms. The number of amides is 2. The SMILES string of the molecule is C/C(CC(=O)Nc1cccc(F)c1)=N\NC(=O)c1ccc(O)cc1O. The summed E-state index contributed by atoms with van der Waals surface area (Å²) in [5, 5.41) is 25.1. The van der Waals surface area contributed by atoms with Gasteiger partial charge in [-0.2, -0.15) is 5.10 Å². The van der Waals surface area contributed by atoms with Crippen molar-refractivity contribution in [3.63, 3.8) is 0 Å². The molecule has 2 rings (SSSR count). The molecule has 2 aromatic carbocycles. The molecular weight excluding hydrogens is 329 g/mol. The Morgan fingerprint density at radius 3 is 2.60 bits per heavy atom. The van der Waals surface area contributed by atoms with Gasteiger partial charge in [-0.15, -0.1) is 0 Å². The number of rotatable bonds is 5. The van der Waals surface area contributed by atoms with Gasteiger partial charge in [-0.25, -0.2) is 9.82 Å². The molecule has 0 aliphatic rings. The minimum Gasteiger partial charge on any atom is -0.508 e. The quantitative estimate of drug-likeness (QED) is 0.492. The van der Waals surface area contributed by atoms with E-state index >= 15 is 0 Å². The molecule has 0 aliphatic carbocycles. The van der Waals surface area contributed by atoms with E-state index in [9.17, 15) is 24.2 Å². The summed E-state index contributed by atoms with van der Waals surface area (Å²) >= 11 is 0. The first-order valence-electron chi connectivity index (χ1n) is 7.26. The molecule has 0 aromatic heterocycles. The number of nitrogens with one attached hydrogen (secondary N) is 2. The molecule has 0 heterocycles. The maximum absolute atomic E-state index is 13.0. The number of halogens is 1. The molecule has 0 bridgehead atoms. The Kier molecular flexibility index (Phi) is 5.67. The van der Waals surface area contributed by atoms with Crippen LogP contribution in [-0.4, -0.2) is 27.7 Å². The van der Waals surface area contributed by atoms with Gasteiger partial charge in [-0.1, -0.05) is 6.07 Å². The summed E-state index contributed by atoms with van der Waals surface area (Å²) in [6.45, 7) is 1.53. The number of aromatic hydroxyl groups is 2. The second-order valence-corrected chi connectivity index (χ2v) is 5.22. The van der Waals surface area contributed by atoms with E-state index in [1.54, 1.807) is 6.07 Å². The van der Waals surface area contributed by atoms with Gasteiger partial charge < -0.3 is 15.5 Å². The second kappa shape index (κ2) is 7.91. The number of carbonyl (C=O) groups is 2. The van der Waals surface area contributed by atoms with E-state index in [0.717, 1.165) is 6.07 Å². The maximum Gasteiger partial charge on any atom is 0.275 e. The smallest absolute Gasteiger partial charge is 0.275 e. The molecule has 8 heteroatoms. The first-order valence-corrected chi connectivity index (χ1v) is 7.26. The Morgan fingerprint density at radius 2 is 1.92 bits per heavy atom. The fourth-order valence-electron chi connectivity index (χ4n) is 1.96. The summed E-state index contributed by atoms with van der Waals surface area (Å²) in [5.41, 5.74) is 2.76. The van der Waals surface area contributed by atoms with Gasteiger partial charge in [-0.05, 0) is 37.3 Å². The molecule has 25 heavy (non-hydrogen) atoms. The molecular formula is C17H16FN3O4. The van der Waals surface area contributed by atoms with Crippen LogP contribution >= 0.6 is 0 Å². The van der Waals surface area contributed by atoms with Crippen molar-refractivity contribution >= 4 is 23.2 Å². The zero-order chi connectivity index (χ0) is 18.4. The van der Waals surface area contributed by atoms with Crippen molar-refractivity contribution < 1.29 is 24.2 Å². The zero-order valence-corrected chi connectivity index (χ0v) is 13.3. The van der Waals surface area contributed by atoms with Crippen molar-refractivity contribution in [3.8, 4) is 11.5 Å². The predicted molar refractivity (Wildman–Crippen MR) is 90.0 cm³/mol. The Bertz CT molecular complexity index is 836. The molecule has 4 N–H and O–H groups in total. The van der Waals surface area contributed by atoms with E-state index in [1.165, 1.54) is 37.3 Å². The van der Waals surface area contributed by atoms with Crippen LogP contribution in [-0.2, 0) is 4.79 Å². The molecule has 7 nitrogen and oxygen atoms in total. The Hall–Kier alpha value is -3.42. The summed E-state index contributed by atoms with van der Waals surface area (Å²) in [4.78, 5) is 23.7. The van der Waals surface area contributed by atoms with Crippen molar-refractivity contribution in [3.05, 3.63) is 53.8 Å². The van der Waals surface area contributed by atoms with E-state index in [0.29, 0.717) is 11.4 Å². The van der Waals surface area contributed by atoms with Crippen LogP contribution in [0.25, 0.3) is 0 Å². The lowest BCUT2D eigenvalue weighted by Crippen LogP contribution is -2.21. The fourth-order valence-corrected chi connectivity index (χ4v) is 1.96. The molecule has 130 valence electrons. The Labute approximate surface area is 142 Å². The maximum atomic E-state index is 13.0. The highest BCUT2D eigenvalue weighted by molar-refractivity contribution is 6.06. The van der Waals surface area contributed by atoms with Crippen LogP contribution in [0.15, 0.2) is 47.6 Å². The van der Waals surface area contributed by atoms with Crippen LogP contribution in [0.1, 0.15) is 23.7 Å². The fraction of sp³-hybridized carbons (Fsp3) is 0.118. The highest BCUT2D eigenvalue weighted by atomic mass is 19.1. The van der Waals surface area contributed by atoms with Gasteiger partial charge in [0.05, 0.1) is 12.0 Å². The predicted octanol–water partition coefficient (Wildman–Crippen LogP) is 2.37. The summed E-state index contributed by atoms with van der Waals surface area (Å²) in [6.07, 6.45) is -0.113. The first-order chi connectivity index (χ1) is 11.8. The summed E-state index contributed by atoms with van der Waals surface area (Å²) in [5.74, 6) is -2.16. The normalized spacial score (nSPS) is 11.0. The Morgan fingerprint density at radius 1 is 1.16 bits per heavy atom. The van der Waals surface area contributed by atoms with E-state index in [1.807, 2.05) is 0 Å². The van der Waals surface area contributed by atoms with Crippen molar-refractivity contribution in [1.82, 2.24) is 5.43 Å². The largest absolute Gasteiger partial charge is 0.508 e. The number of phenolic OH excluding ortho intramolecular Hbond substituents is 2. The number of hydrogen-bond donors (Lipinski definition) is 4. The third-order valence-electron chi connectivity index (χ3n) is 3.10. The minimum atomic E-state index is -0.692. The lowest BCUT2D eigenvalue weighted by Gasteiger charge is -2.06. The highest BCUT2D eigenvalue weighted by Gasteiger charge is 2.11. The summed E-state index contributed by atoms with van der Waals surface area (Å²) in [6, 6.07) is 8.96. The van der Waals surface area contributed by atoms with Crippen LogP contribution in [0.3, 0.4) is 0 Å². The molecule has 0 fully saturated rings. The van der Waals surface area contributed by atoms with E-state index in [-0.39, 0.29) is 17.7 Å². The van der Waals surface area contributed by atoms with Crippen molar-refractivity contribution in [2.75, 3.05) is 5.32 Å². The number of hydrazone groups is 1. The molecule has 0 radical (unpaired) electrons. The second-order valence-electron chi connectivity index (χ2n) is 5.22. The van der Waals surface area contributed by atoms with Crippen LogP contribution in [0.2, 0.25) is 0 Å². The summed E-state index contributed by atoms with van der Waals surface area (Å²) in [7, 11) is 0. The third-order valence-corrected chi connectivity index (χ3v) is 3.10. The van der Waals surface area contributed by atoms with E-state index in [4.69, 9.17) is 0 Å². The number of phenols is 2. The van der Waals surface area contributed by atoms with E-state index < -0.39 is 23.4 Å². The first kappa shape index (κ1) is 17.9. The molecule has 0 unspecified atom stereocenters. The minimum absolute atomic E-state index is 0.0708. The van der Waals surface area contributed by atoms with Gasteiger partial charge in [0.2, 0.25) is 5.91 Å². The van der Waals surface area contributed by atoms with Gasteiger partial charge in [-0.3, -0.25) is 9.59 Å². The molecule has 0 aliphatic heterocycles. The average Bonchev–Trinajstić information content (AvgIpc) is 2.52. The van der Waals surface area contributed by atoms with Gasteiger partial charge in [0, 0.05) is 17.5 Å². The number of anilines is 1. The van der Waals surface area contributed by atoms with E-state index in [2.05, 4.69) is 15.8 Å². The monoisotopic (exact) mass is 345 g/mol. The molecule has 2 amide bonds. The van der Waals surface area contributed by atoms with Gasteiger partial charge in [0.15, 0.2) is 0 Å². The van der Waals surface area contributed by atoms with Gasteiger partial charge in [0.25, 0.3) is 5.91 Å². The Balaban J connectivity index is 1.92. The molecule has 0 atom stereocenters. The number of benzene rings is 2. The molecule has 0 saturated heterocycles. The number of hydrogen-bond acceptors (Lipinski definition) is 5. The van der Waals surface area contributed by atoms with Gasteiger partial charge >= 0.3 is 0 Å². The molecule has 2 aromatic rings. The number of carbonyl (C=O) groups excluding carboxylic acids is 2. The van der Waals surface area contributed by atoms with Crippen LogP contribution in [0, 0.1) is 5.82 Å². The lowest BCUT2D eigenvalue weighted by atomic mass is 10.2. The topological polar surface area (TPSA) is 111 Å². The lowest BCUT2D eigenvalue weighted by molar-refractivity contribution is -0.115. The standard InChI is InChI=1S/C17H16FN3O4/c1-10(7-16(24)19-12-4-2-3-11(18)8-12)20-21-17(25)14-6-5-13(22)9-15(14)23/h2-6,8-9,22-23H,7H2,1H3,(H,19,24)(H,21,25)/b20-10+. The average molecular weight is 345 g/mol. The summed E-state index contributed by atoms with van der Waals surface area (Å²) < 4.78 is 13.0.